The second kappa shape index (κ2) is 11.3. The second-order valence-electron chi connectivity index (χ2n) is 7.59. The molecular formula is C24H30N2O6. The van der Waals surface area contributed by atoms with Crippen LogP contribution in [0.25, 0.3) is 0 Å². The van der Waals surface area contributed by atoms with E-state index < -0.39 is 6.10 Å². The number of nitrogens with zero attached hydrogens (tertiary/aromatic N) is 1. The normalized spacial score (nSPS) is 15.0. The average Bonchev–Trinajstić information content (AvgIpc) is 2.80. The van der Waals surface area contributed by atoms with Gasteiger partial charge in [0.1, 0.15) is 11.5 Å². The lowest BCUT2D eigenvalue weighted by atomic mass is 10.0. The first-order chi connectivity index (χ1) is 15.5. The van der Waals surface area contributed by atoms with E-state index in [0.717, 1.165) is 0 Å². The van der Waals surface area contributed by atoms with E-state index in [2.05, 4.69) is 5.32 Å². The number of benzene rings is 2. The van der Waals surface area contributed by atoms with Gasteiger partial charge in [0, 0.05) is 19.1 Å². The van der Waals surface area contributed by atoms with Crippen molar-refractivity contribution in [2.45, 2.75) is 38.8 Å². The monoisotopic (exact) mass is 442 g/mol. The van der Waals surface area contributed by atoms with Gasteiger partial charge < -0.3 is 29.5 Å². The molecule has 3 rings (SSSR count). The Balaban J connectivity index is 1.41. The molecule has 1 heterocycles. The first kappa shape index (κ1) is 23.2. The Bertz CT molecular complexity index is 894. The van der Waals surface area contributed by atoms with Gasteiger partial charge >= 0.3 is 0 Å². The average molecular weight is 443 g/mol. The van der Waals surface area contributed by atoms with Crippen LogP contribution in [-0.4, -0.2) is 60.3 Å². The summed E-state index contributed by atoms with van der Waals surface area (Å²) in [4.78, 5) is 26.7. The maximum Gasteiger partial charge on any atom is 0.260 e. The van der Waals surface area contributed by atoms with E-state index in [1.54, 1.807) is 30.0 Å². The maximum atomic E-state index is 12.5. The minimum Gasteiger partial charge on any atom is -0.508 e. The van der Waals surface area contributed by atoms with Gasteiger partial charge in [-0.15, -0.1) is 0 Å². The molecule has 2 N–H and O–H groups in total. The van der Waals surface area contributed by atoms with Crippen LogP contribution in [0.2, 0.25) is 0 Å². The summed E-state index contributed by atoms with van der Waals surface area (Å²) in [5.41, 5.74) is 0. The second-order valence-corrected chi connectivity index (χ2v) is 7.59. The molecule has 0 radical (unpaired) electrons. The molecule has 1 aliphatic rings. The molecule has 0 aliphatic carbocycles. The number of phenols is 1. The molecule has 1 atom stereocenters. The third-order valence-corrected chi connectivity index (χ3v) is 5.21. The molecule has 1 aliphatic heterocycles. The van der Waals surface area contributed by atoms with E-state index in [1.807, 2.05) is 25.1 Å². The fourth-order valence-corrected chi connectivity index (χ4v) is 3.45. The summed E-state index contributed by atoms with van der Waals surface area (Å²) in [6, 6.07) is 13.5. The predicted molar refractivity (Wildman–Crippen MR) is 119 cm³/mol. The Kier molecular flexibility index (Phi) is 8.19. The SMILES string of the molecule is CCOc1ccccc1OCC(=O)N1CCC(NC(=O)C(C)Oc2ccc(O)cc2)CC1. The van der Waals surface area contributed by atoms with Crippen LogP contribution in [0.1, 0.15) is 26.7 Å². The van der Waals surface area contributed by atoms with Crippen molar-refractivity contribution in [3.8, 4) is 23.0 Å². The fraction of sp³-hybridized carbons (Fsp3) is 0.417. The largest absolute Gasteiger partial charge is 0.508 e. The van der Waals surface area contributed by atoms with Crippen LogP contribution in [0.3, 0.4) is 0 Å². The van der Waals surface area contributed by atoms with E-state index >= 15 is 0 Å². The molecule has 0 bridgehead atoms. The molecule has 8 heteroatoms. The molecule has 1 saturated heterocycles. The standard InChI is InChI=1S/C24H30N2O6/c1-3-30-21-6-4-5-7-22(21)31-16-23(28)26-14-12-18(13-15-26)25-24(29)17(2)32-20-10-8-19(27)9-11-20/h4-11,17-18,27H,3,12-16H2,1-2H3,(H,25,29). The third kappa shape index (κ3) is 6.54. The third-order valence-electron chi connectivity index (χ3n) is 5.21. The molecule has 1 fully saturated rings. The number of amides is 2. The number of phenolic OH excluding ortho intramolecular Hbond substituents is 1. The Morgan fingerprint density at radius 1 is 1.06 bits per heavy atom. The van der Waals surface area contributed by atoms with Crippen molar-refractivity contribution in [2.75, 3.05) is 26.3 Å². The van der Waals surface area contributed by atoms with Gasteiger partial charge in [-0.05, 0) is 63.1 Å². The highest BCUT2D eigenvalue weighted by Gasteiger charge is 2.26. The number of hydrogen-bond donors (Lipinski definition) is 2. The van der Waals surface area contributed by atoms with Crippen molar-refractivity contribution >= 4 is 11.8 Å². The van der Waals surface area contributed by atoms with E-state index in [0.29, 0.717) is 49.8 Å². The van der Waals surface area contributed by atoms with Gasteiger partial charge in [-0.1, -0.05) is 12.1 Å². The molecule has 32 heavy (non-hydrogen) atoms. The van der Waals surface area contributed by atoms with Crippen LogP contribution in [0.15, 0.2) is 48.5 Å². The zero-order valence-electron chi connectivity index (χ0n) is 18.5. The highest BCUT2D eigenvalue weighted by atomic mass is 16.5. The number of hydrogen-bond acceptors (Lipinski definition) is 6. The van der Waals surface area contributed by atoms with Crippen LogP contribution in [0.4, 0.5) is 0 Å². The van der Waals surface area contributed by atoms with Gasteiger partial charge in [-0.2, -0.15) is 0 Å². The molecule has 0 spiro atoms. The van der Waals surface area contributed by atoms with Crippen LogP contribution in [0.5, 0.6) is 23.0 Å². The number of para-hydroxylation sites is 2. The minimum atomic E-state index is -0.669. The van der Waals surface area contributed by atoms with E-state index in [9.17, 15) is 14.7 Å². The molecular weight excluding hydrogens is 412 g/mol. The number of nitrogens with one attached hydrogen (secondary N) is 1. The topological polar surface area (TPSA) is 97.3 Å². The van der Waals surface area contributed by atoms with Crippen molar-refractivity contribution in [1.29, 1.82) is 0 Å². The zero-order chi connectivity index (χ0) is 22.9. The van der Waals surface area contributed by atoms with Gasteiger partial charge in [0.05, 0.1) is 6.61 Å². The number of likely N-dealkylation sites (tertiary alicyclic amines) is 1. The summed E-state index contributed by atoms with van der Waals surface area (Å²) in [5.74, 6) is 1.51. The molecule has 0 saturated carbocycles. The lowest BCUT2D eigenvalue weighted by Crippen LogP contribution is -2.50. The van der Waals surface area contributed by atoms with Gasteiger partial charge in [0.25, 0.3) is 11.8 Å². The lowest BCUT2D eigenvalue weighted by Gasteiger charge is -2.32. The van der Waals surface area contributed by atoms with Crippen molar-refractivity contribution in [3.63, 3.8) is 0 Å². The van der Waals surface area contributed by atoms with Crippen molar-refractivity contribution < 1.29 is 28.9 Å². The van der Waals surface area contributed by atoms with E-state index in [-0.39, 0.29) is 30.2 Å². The Hall–Kier alpha value is -3.42. The number of ether oxygens (including phenoxy) is 3. The van der Waals surface area contributed by atoms with E-state index in [1.165, 1.54) is 12.1 Å². The Morgan fingerprint density at radius 2 is 1.69 bits per heavy atom. The Morgan fingerprint density at radius 3 is 2.31 bits per heavy atom. The summed E-state index contributed by atoms with van der Waals surface area (Å²) in [6.07, 6.45) is 0.663. The molecule has 2 aromatic carbocycles. The van der Waals surface area contributed by atoms with Gasteiger partial charge in [0.2, 0.25) is 0 Å². The number of aromatic hydroxyl groups is 1. The van der Waals surface area contributed by atoms with Crippen molar-refractivity contribution in [2.24, 2.45) is 0 Å². The summed E-state index contributed by atoms with van der Waals surface area (Å²) in [7, 11) is 0. The molecule has 1 unspecified atom stereocenters. The number of piperidine rings is 1. The Labute approximate surface area is 188 Å². The van der Waals surface area contributed by atoms with Crippen molar-refractivity contribution in [1.82, 2.24) is 10.2 Å². The summed E-state index contributed by atoms with van der Waals surface area (Å²) in [6.45, 7) is 5.13. The minimum absolute atomic E-state index is 0.0167. The lowest BCUT2D eigenvalue weighted by molar-refractivity contribution is -0.134. The molecule has 0 aromatic heterocycles. The van der Waals surface area contributed by atoms with Crippen LogP contribution in [0, 0.1) is 0 Å². The number of rotatable bonds is 9. The van der Waals surface area contributed by atoms with Gasteiger partial charge in [0.15, 0.2) is 24.2 Å². The molecule has 2 aromatic rings. The van der Waals surface area contributed by atoms with Crippen LogP contribution < -0.4 is 19.5 Å². The van der Waals surface area contributed by atoms with Crippen molar-refractivity contribution in [3.05, 3.63) is 48.5 Å². The summed E-state index contributed by atoms with van der Waals surface area (Å²) in [5, 5.41) is 12.3. The highest BCUT2D eigenvalue weighted by Crippen LogP contribution is 2.26. The van der Waals surface area contributed by atoms with Gasteiger partial charge in [-0.25, -0.2) is 0 Å². The summed E-state index contributed by atoms with van der Waals surface area (Å²) >= 11 is 0. The first-order valence-corrected chi connectivity index (χ1v) is 10.8. The van der Waals surface area contributed by atoms with E-state index in [4.69, 9.17) is 14.2 Å². The molecule has 8 nitrogen and oxygen atoms in total. The number of carbonyl (C=O) groups is 2. The zero-order valence-corrected chi connectivity index (χ0v) is 18.5. The highest BCUT2D eigenvalue weighted by molar-refractivity contribution is 5.81. The number of carbonyl (C=O) groups excluding carboxylic acids is 2. The summed E-state index contributed by atoms with van der Waals surface area (Å²) < 4.78 is 16.8. The quantitative estimate of drug-likeness (QED) is 0.620. The van der Waals surface area contributed by atoms with Crippen LogP contribution in [-0.2, 0) is 9.59 Å². The smallest absolute Gasteiger partial charge is 0.260 e. The van der Waals surface area contributed by atoms with Gasteiger partial charge in [-0.3, -0.25) is 9.59 Å². The maximum absolute atomic E-state index is 12.5. The molecule has 2 amide bonds. The fourth-order valence-electron chi connectivity index (χ4n) is 3.45. The first-order valence-electron chi connectivity index (χ1n) is 10.8. The van der Waals surface area contributed by atoms with Crippen LogP contribution >= 0.6 is 0 Å². The predicted octanol–water partition coefficient (Wildman–Crippen LogP) is 2.74. The molecule has 172 valence electrons.